The maximum atomic E-state index is 14.2. The number of hydrogen-bond acceptors (Lipinski definition) is 7. The summed E-state index contributed by atoms with van der Waals surface area (Å²) in [6, 6.07) is 19.3. The number of hydrogen-bond donors (Lipinski definition) is 2. The Hall–Kier alpha value is -4.84. The van der Waals surface area contributed by atoms with Crippen molar-refractivity contribution >= 4 is 12.3 Å². The van der Waals surface area contributed by atoms with E-state index >= 15 is 0 Å². The van der Waals surface area contributed by atoms with Crippen molar-refractivity contribution in [1.82, 2.24) is 4.98 Å². The summed E-state index contributed by atoms with van der Waals surface area (Å²) >= 11 is 0. The second-order valence-electron chi connectivity index (χ2n) is 7.00. The second kappa shape index (κ2) is 11.3. The van der Waals surface area contributed by atoms with E-state index in [4.69, 9.17) is 29.5 Å². The molecule has 0 saturated heterocycles. The molecule has 0 saturated carbocycles. The number of nitrogens with two attached hydrogens (primary N) is 1. The highest BCUT2D eigenvalue weighted by Gasteiger charge is 2.17. The zero-order valence-electron chi connectivity index (χ0n) is 19.0. The molecule has 2 aromatic heterocycles. The van der Waals surface area contributed by atoms with Gasteiger partial charge in [0.05, 0.1) is 19.4 Å². The van der Waals surface area contributed by atoms with Gasteiger partial charge in [-0.1, -0.05) is 0 Å². The summed E-state index contributed by atoms with van der Waals surface area (Å²) in [4.78, 5) is 12.6. The molecule has 0 aliphatic rings. The summed E-state index contributed by atoms with van der Waals surface area (Å²) < 4.78 is 30.7. The number of nitrogens with zero attached hydrogens (tertiary/aromatic N) is 2. The van der Waals surface area contributed by atoms with Gasteiger partial charge in [-0.3, -0.25) is 4.79 Å². The van der Waals surface area contributed by atoms with Crippen LogP contribution in [0, 0.1) is 17.1 Å². The van der Waals surface area contributed by atoms with Crippen LogP contribution < -0.4 is 15.2 Å². The summed E-state index contributed by atoms with van der Waals surface area (Å²) in [6.45, 7) is 2.26. The van der Waals surface area contributed by atoms with Crippen LogP contribution in [0.5, 0.6) is 11.5 Å². The van der Waals surface area contributed by atoms with Gasteiger partial charge < -0.3 is 24.7 Å². The number of anilines is 1. The van der Waals surface area contributed by atoms with E-state index < -0.39 is 5.82 Å². The van der Waals surface area contributed by atoms with Gasteiger partial charge in [-0.25, -0.2) is 9.37 Å². The fourth-order valence-corrected chi connectivity index (χ4v) is 3.37. The van der Waals surface area contributed by atoms with Gasteiger partial charge in [0, 0.05) is 16.7 Å². The maximum Gasteiger partial charge on any atom is 0.290 e. The number of furan rings is 1. The molecule has 8 nitrogen and oxygen atoms in total. The van der Waals surface area contributed by atoms with Crippen LogP contribution in [0.2, 0.25) is 0 Å². The number of rotatable bonds is 6. The van der Waals surface area contributed by atoms with Gasteiger partial charge in [-0.05, 0) is 67.6 Å². The average molecular weight is 475 g/mol. The first kappa shape index (κ1) is 24.8. The lowest BCUT2D eigenvalue weighted by Crippen LogP contribution is -2.00. The van der Waals surface area contributed by atoms with E-state index in [1.165, 1.54) is 19.2 Å². The number of halogens is 1. The standard InChI is InChI=1S/C25H20FN3O3.CH2O2/c1-3-31-17-7-4-15(5-8-17)22-10-11-23(32-22)18-13-21(29-25(28)19(18)14-27)16-6-9-24(30-2)20(26)12-16;2-1-3/h4-13H,3H2,1-2H3,(H2,28,29);1H,(H,2,3). The van der Waals surface area contributed by atoms with E-state index in [-0.39, 0.29) is 23.6 Å². The van der Waals surface area contributed by atoms with Crippen molar-refractivity contribution in [2.45, 2.75) is 6.92 Å². The Morgan fingerprint density at radius 3 is 2.37 bits per heavy atom. The normalized spacial score (nSPS) is 10.0. The predicted molar refractivity (Wildman–Crippen MR) is 128 cm³/mol. The lowest BCUT2D eigenvalue weighted by Gasteiger charge is -2.09. The molecule has 4 rings (SSSR count). The lowest BCUT2D eigenvalue weighted by atomic mass is 10.0. The van der Waals surface area contributed by atoms with Gasteiger partial charge in [-0.15, -0.1) is 0 Å². The summed E-state index contributed by atoms with van der Waals surface area (Å²) in [6.07, 6.45) is 0. The fraction of sp³-hybridized carbons (Fsp3) is 0.115. The first-order valence-electron chi connectivity index (χ1n) is 10.4. The molecule has 0 atom stereocenters. The molecule has 0 aliphatic heterocycles. The van der Waals surface area contributed by atoms with Crippen LogP contribution in [0.15, 0.2) is 65.1 Å². The van der Waals surface area contributed by atoms with Crippen LogP contribution in [0.4, 0.5) is 10.2 Å². The monoisotopic (exact) mass is 475 g/mol. The minimum absolute atomic E-state index is 0.0373. The van der Waals surface area contributed by atoms with Crippen LogP contribution in [0.1, 0.15) is 12.5 Å². The van der Waals surface area contributed by atoms with E-state index in [0.717, 1.165) is 11.3 Å². The third-order valence-corrected chi connectivity index (χ3v) is 4.93. The van der Waals surface area contributed by atoms with Crippen molar-refractivity contribution in [3.8, 4) is 51.5 Å². The highest BCUT2D eigenvalue weighted by Crippen LogP contribution is 2.35. The highest BCUT2D eigenvalue weighted by molar-refractivity contribution is 5.79. The Bertz CT molecular complexity index is 1360. The molecule has 178 valence electrons. The molecule has 0 spiro atoms. The molecular weight excluding hydrogens is 453 g/mol. The Labute approximate surface area is 201 Å². The number of aromatic nitrogens is 1. The predicted octanol–water partition coefficient (Wildman–Crippen LogP) is 5.38. The van der Waals surface area contributed by atoms with Crippen molar-refractivity contribution in [2.24, 2.45) is 0 Å². The van der Waals surface area contributed by atoms with E-state index in [2.05, 4.69) is 11.1 Å². The molecular formula is C26H22FN3O5. The van der Waals surface area contributed by atoms with Crippen molar-refractivity contribution in [3.63, 3.8) is 0 Å². The van der Waals surface area contributed by atoms with Gasteiger partial charge in [0.25, 0.3) is 6.47 Å². The lowest BCUT2D eigenvalue weighted by molar-refractivity contribution is -0.122. The second-order valence-corrected chi connectivity index (χ2v) is 7.00. The Balaban J connectivity index is 0.00000108. The molecule has 0 radical (unpaired) electrons. The minimum atomic E-state index is -0.521. The van der Waals surface area contributed by atoms with E-state index in [9.17, 15) is 9.65 Å². The summed E-state index contributed by atoms with van der Waals surface area (Å²) in [5.41, 5.74) is 8.49. The Kier molecular flexibility index (Phi) is 8.03. The maximum absolute atomic E-state index is 14.2. The van der Waals surface area contributed by atoms with Crippen molar-refractivity contribution in [2.75, 3.05) is 19.5 Å². The van der Waals surface area contributed by atoms with Crippen LogP contribution in [0.3, 0.4) is 0 Å². The first-order valence-corrected chi connectivity index (χ1v) is 10.4. The summed E-state index contributed by atoms with van der Waals surface area (Å²) in [7, 11) is 1.40. The average Bonchev–Trinajstić information content (AvgIpc) is 3.35. The third kappa shape index (κ3) is 5.57. The fourth-order valence-electron chi connectivity index (χ4n) is 3.37. The molecule has 0 unspecified atom stereocenters. The van der Waals surface area contributed by atoms with Gasteiger partial charge in [0.15, 0.2) is 11.6 Å². The Morgan fingerprint density at radius 2 is 1.77 bits per heavy atom. The largest absolute Gasteiger partial charge is 0.494 e. The number of ether oxygens (including phenoxy) is 2. The molecule has 3 N–H and O–H groups in total. The van der Waals surface area contributed by atoms with E-state index in [0.29, 0.717) is 34.9 Å². The molecule has 4 aromatic rings. The van der Waals surface area contributed by atoms with Gasteiger partial charge >= 0.3 is 0 Å². The number of nitrogen functional groups attached to an aromatic ring is 1. The van der Waals surface area contributed by atoms with Crippen molar-refractivity contribution in [1.29, 1.82) is 5.26 Å². The number of methoxy groups -OCH3 is 1. The summed E-state index contributed by atoms with van der Waals surface area (Å²) in [5.74, 6) is 1.49. The third-order valence-electron chi connectivity index (χ3n) is 4.93. The van der Waals surface area contributed by atoms with E-state index in [1.54, 1.807) is 18.2 Å². The van der Waals surface area contributed by atoms with Crippen LogP contribution in [-0.2, 0) is 4.79 Å². The first-order chi connectivity index (χ1) is 16.9. The molecule has 0 amide bonds. The van der Waals surface area contributed by atoms with Gasteiger partial charge in [-0.2, -0.15) is 5.26 Å². The van der Waals surface area contributed by atoms with Crippen LogP contribution in [-0.4, -0.2) is 30.3 Å². The molecule has 35 heavy (non-hydrogen) atoms. The minimum Gasteiger partial charge on any atom is -0.494 e. The topological polar surface area (TPSA) is 132 Å². The van der Waals surface area contributed by atoms with Gasteiger partial charge in [0.2, 0.25) is 0 Å². The molecule has 0 fully saturated rings. The summed E-state index contributed by atoms with van der Waals surface area (Å²) in [5, 5.41) is 16.5. The number of carboxylic acid groups (broad SMARTS) is 1. The highest BCUT2D eigenvalue weighted by atomic mass is 19.1. The molecule has 2 heterocycles. The number of benzene rings is 2. The smallest absolute Gasteiger partial charge is 0.290 e. The number of nitriles is 1. The molecule has 0 bridgehead atoms. The molecule has 9 heteroatoms. The van der Waals surface area contributed by atoms with E-state index in [1.807, 2.05) is 37.3 Å². The SMILES string of the molecule is CCOc1ccc(-c2ccc(-c3cc(-c4ccc(OC)c(F)c4)nc(N)c3C#N)o2)cc1.O=CO. The zero-order valence-corrected chi connectivity index (χ0v) is 19.0. The number of pyridine rings is 1. The molecule has 0 aliphatic carbocycles. The van der Waals surface area contributed by atoms with Crippen molar-refractivity contribution in [3.05, 3.63) is 72.0 Å². The Morgan fingerprint density at radius 1 is 1.11 bits per heavy atom. The van der Waals surface area contributed by atoms with Crippen molar-refractivity contribution < 1.29 is 28.2 Å². The van der Waals surface area contributed by atoms with Crippen LogP contribution >= 0.6 is 0 Å². The van der Waals surface area contributed by atoms with Gasteiger partial charge in [0.1, 0.15) is 34.7 Å². The zero-order chi connectivity index (χ0) is 25.4. The number of carbonyl (C=O) groups is 1. The van der Waals surface area contributed by atoms with Crippen LogP contribution in [0.25, 0.3) is 33.9 Å². The quantitative estimate of drug-likeness (QED) is 0.356. The molecule has 2 aromatic carbocycles.